The fraction of sp³-hybridized carbons (Fsp3) is 0.364. The summed E-state index contributed by atoms with van der Waals surface area (Å²) in [6, 6.07) is 16.9. The lowest BCUT2D eigenvalue weighted by molar-refractivity contribution is -0.126. The van der Waals surface area contributed by atoms with Crippen LogP contribution in [0.2, 0.25) is 0 Å². The Kier molecular flexibility index (Phi) is 6.47. The van der Waals surface area contributed by atoms with Crippen molar-refractivity contribution in [2.75, 3.05) is 18.0 Å². The Labute approximate surface area is 160 Å². The molecule has 1 heterocycles. The highest BCUT2D eigenvalue weighted by Gasteiger charge is 2.36. The van der Waals surface area contributed by atoms with Crippen molar-refractivity contribution < 1.29 is 14.3 Å². The van der Waals surface area contributed by atoms with Crippen molar-refractivity contribution in [2.24, 2.45) is 5.92 Å². The summed E-state index contributed by atoms with van der Waals surface area (Å²) in [6.45, 7) is 3.18. The van der Waals surface area contributed by atoms with Gasteiger partial charge < -0.3 is 15.0 Å². The molecule has 1 aliphatic heterocycles. The fourth-order valence-corrected chi connectivity index (χ4v) is 3.23. The number of para-hydroxylation sites is 3. The predicted molar refractivity (Wildman–Crippen MR) is 106 cm³/mol. The summed E-state index contributed by atoms with van der Waals surface area (Å²) in [5.41, 5.74) is 0.702. The second-order valence-electron chi connectivity index (χ2n) is 6.79. The number of hydrogen-bond acceptors (Lipinski definition) is 3. The molecule has 1 fully saturated rings. The summed E-state index contributed by atoms with van der Waals surface area (Å²) in [5.74, 6) is 0.919. The van der Waals surface area contributed by atoms with Crippen LogP contribution in [0.4, 0.5) is 5.69 Å². The maximum absolute atomic E-state index is 12.6. The Balaban J connectivity index is 1.68. The van der Waals surface area contributed by atoms with E-state index in [1.54, 1.807) is 4.90 Å². The highest BCUT2D eigenvalue weighted by molar-refractivity contribution is 6.01. The molecule has 0 spiro atoms. The highest BCUT2D eigenvalue weighted by Crippen LogP contribution is 2.35. The van der Waals surface area contributed by atoms with Gasteiger partial charge in [-0.3, -0.25) is 9.59 Å². The third-order valence-electron chi connectivity index (χ3n) is 4.70. The van der Waals surface area contributed by atoms with Gasteiger partial charge in [-0.25, -0.2) is 0 Å². The molecule has 5 heteroatoms. The summed E-state index contributed by atoms with van der Waals surface area (Å²) in [5, 5.41) is 2.96. The van der Waals surface area contributed by atoms with Crippen LogP contribution in [0.5, 0.6) is 11.5 Å². The molecule has 0 aromatic heterocycles. The van der Waals surface area contributed by atoms with E-state index in [0.717, 1.165) is 19.3 Å². The molecule has 0 aliphatic carbocycles. The summed E-state index contributed by atoms with van der Waals surface area (Å²) in [4.78, 5) is 26.6. The molecule has 0 saturated carbocycles. The standard InChI is InChI=1S/C22H26N2O3/c1-2-3-9-14-23-22(26)17-15-21(25)24(16-17)19-12-7-8-13-20(19)27-18-10-5-4-6-11-18/h4-8,10-13,17H,2-3,9,14-16H2,1H3,(H,23,26). The van der Waals surface area contributed by atoms with Crippen molar-refractivity contribution in [3.8, 4) is 11.5 Å². The Hall–Kier alpha value is -2.82. The van der Waals surface area contributed by atoms with Crippen LogP contribution in [0.25, 0.3) is 0 Å². The van der Waals surface area contributed by atoms with Gasteiger partial charge in [0, 0.05) is 19.5 Å². The van der Waals surface area contributed by atoms with Crippen LogP contribution in [0.15, 0.2) is 54.6 Å². The highest BCUT2D eigenvalue weighted by atomic mass is 16.5. The van der Waals surface area contributed by atoms with E-state index >= 15 is 0 Å². The van der Waals surface area contributed by atoms with Gasteiger partial charge in [-0.15, -0.1) is 0 Å². The number of nitrogens with one attached hydrogen (secondary N) is 1. The first kappa shape index (κ1) is 19.0. The predicted octanol–water partition coefficient (Wildman–Crippen LogP) is 4.14. The number of unbranched alkanes of at least 4 members (excludes halogenated alkanes) is 2. The molecule has 1 atom stereocenters. The second kappa shape index (κ2) is 9.21. The van der Waals surface area contributed by atoms with E-state index in [-0.39, 0.29) is 24.2 Å². The molecule has 5 nitrogen and oxygen atoms in total. The summed E-state index contributed by atoms with van der Waals surface area (Å²) in [6.07, 6.45) is 3.42. The van der Waals surface area contributed by atoms with Gasteiger partial charge in [0.25, 0.3) is 0 Å². The molecule has 1 N–H and O–H groups in total. The van der Waals surface area contributed by atoms with Gasteiger partial charge >= 0.3 is 0 Å². The van der Waals surface area contributed by atoms with Crippen LogP contribution in [-0.2, 0) is 9.59 Å². The number of ether oxygens (including phenoxy) is 1. The van der Waals surface area contributed by atoms with Crippen molar-refractivity contribution in [3.05, 3.63) is 54.6 Å². The van der Waals surface area contributed by atoms with Crippen LogP contribution < -0.4 is 15.0 Å². The number of amides is 2. The first-order valence-electron chi connectivity index (χ1n) is 9.59. The minimum Gasteiger partial charge on any atom is -0.455 e. The number of anilines is 1. The van der Waals surface area contributed by atoms with Gasteiger partial charge in [0.05, 0.1) is 11.6 Å². The fourth-order valence-electron chi connectivity index (χ4n) is 3.23. The first-order valence-corrected chi connectivity index (χ1v) is 9.59. The minimum atomic E-state index is -0.316. The van der Waals surface area contributed by atoms with Crippen LogP contribution in [0.1, 0.15) is 32.6 Å². The molecule has 2 aromatic carbocycles. The van der Waals surface area contributed by atoms with Crippen LogP contribution >= 0.6 is 0 Å². The molecule has 3 rings (SSSR count). The number of nitrogens with zero attached hydrogens (tertiary/aromatic N) is 1. The van der Waals surface area contributed by atoms with Gasteiger partial charge in [0.2, 0.25) is 11.8 Å². The number of benzene rings is 2. The molecule has 1 saturated heterocycles. The van der Waals surface area contributed by atoms with E-state index in [1.165, 1.54) is 0 Å². The molecular weight excluding hydrogens is 340 g/mol. The molecule has 142 valence electrons. The quantitative estimate of drug-likeness (QED) is 0.715. The van der Waals surface area contributed by atoms with Crippen molar-refractivity contribution in [2.45, 2.75) is 32.6 Å². The normalized spacial score (nSPS) is 16.4. The summed E-state index contributed by atoms with van der Waals surface area (Å²) in [7, 11) is 0. The van der Waals surface area contributed by atoms with Gasteiger partial charge in [-0.2, -0.15) is 0 Å². The zero-order valence-electron chi connectivity index (χ0n) is 15.7. The Morgan fingerprint density at radius 2 is 1.85 bits per heavy atom. The van der Waals surface area contributed by atoms with Gasteiger partial charge in [-0.1, -0.05) is 50.1 Å². The van der Waals surface area contributed by atoms with Crippen LogP contribution in [0.3, 0.4) is 0 Å². The average Bonchev–Trinajstić information content (AvgIpc) is 3.08. The zero-order valence-corrected chi connectivity index (χ0v) is 15.7. The maximum atomic E-state index is 12.6. The SMILES string of the molecule is CCCCCNC(=O)C1CC(=O)N(c2ccccc2Oc2ccccc2)C1. The van der Waals surface area contributed by atoms with Crippen LogP contribution in [0, 0.1) is 5.92 Å². The van der Waals surface area contributed by atoms with Crippen molar-refractivity contribution in [1.29, 1.82) is 0 Å². The molecule has 2 amide bonds. The average molecular weight is 366 g/mol. The Morgan fingerprint density at radius 1 is 1.11 bits per heavy atom. The molecule has 2 aromatic rings. The maximum Gasteiger partial charge on any atom is 0.227 e. The van der Waals surface area contributed by atoms with Crippen LogP contribution in [-0.4, -0.2) is 24.9 Å². The third kappa shape index (κ3) is 4.88. The minimum absolute atomic E-state index is 0.0385. The Bertz CT molecular complexity index is 776. The molecule has 0 bridgehead atoms. The lowest BCUT2D eigenvalue weighted by Crippen LogP contribution is -2.33. The van der Waals surface area contributed by atoms with Gasteiger partial charge in [0.1, 0.15) is 5.75 Å². The van der Waals surface area contributed by atoms with E-state index < -0.39 is 0 Å². The Morgan fingerprint density at radius 3 is 2.63 bits per heavy atom. The molecule has 1 unspecified atom stereocenters. The van der Waals surface area contributed by atoms with E-state index in [0.29, 0.717) is 30.3 Å². The molecule has 1 aliphatic rings. The second-order valence-corrected chi connectivity index (χ2v) is 6.79. The lowest BCUT2D eigenvalue weighted by atomic mass is 10.1. The van der Waals surface area contributed by atoms with E-state index in [4.69, 9.17) is 4.74 Å². The number of hydrogen-bond donors (Lipinski definition) is 1. The van der Waals surface area contributed by atoms with E-state index in [1.807, 2.05) is 54.6 Å². The van der Waals surface area contributed by atoms with Crippen molar-refractivity contribution in [3.63, 3.8) is 0 Å². The number of carbonyl (C=O) groups excluding carboxylic acids is 2. The topological polar surface area (TPSA) is 58.6 Å². The molecule has 27 heavy (non-hydrogen) atoms. The van der Waals surface area contributed by atoms with Gasteiger partial charge in [0.15, 0.2) is 5.75 Å². The monoisotopic (exact) mass is 366 g/mol. The zero-order chi connectivity index (χ0) is 19.1. The lowest BCUT2D eigenvalue weighted by Gasteiger charge is -2.20. The van der Waals surface area contributed by atoms with E-state index in [9.17, 15) is 9.59 Å². The third-order valence-corrected chi connectivity index (χ3v) is 4.70. The summed E-state index contributed by atoms with van der Waals surface area (Å²) < 4.78 is 5.96. The first-order chi connectivity index (χ1) is 13.2. The summed E-state index contributed by atoms with van der Waals surface area (Å²) >= 11 is 0. The number of rotatable bonds is 8. The van der Waals surface area contributed by atoms with Crippen molar-refractivity contribution in [1.82, 2.24) is 5.32 Å². The van der Waals surface area contributed by atoms with Crippen molar-refractivity contribution >= 4 is 17.5 Å². The molecule has 0 radical (unpaired) electrons. The van der Waals surface area contributed by atoms with Gasteiger partial charge in [-0.05, 0) is 30.7 Å². The largest absolute Gasteiger partial charge is 0.455 e. The van der Waals surface area contributed by atoms with E-state index in [2.05, 4.69) is 12.2 Å². The molecular formula is C22H26N2O3. The smallest absolute Gasteiger partial charge is 0.227 e. The number of carbonyl (C=O) groups is 2.